The summed E-state index contributed by atoms with van der Waals surface area (Å²) in [5, 5.41) is 6.51. The molecule has 2 N–H and O–H groups in total. The van der Waals surface area contributed by atoms with Gasteiger partial charge in [0.25, 0.3) is 0 Å². The average molecular weight is 241 g/mol. The first-order valence-corrected chi connectivity index (χ1v) is 6.66. The maximum absolute atomic E-state index is 11.8. The molecule has 0 spiro atoms. The molecule has 0 bridgehead atoms. The zero-order valence-corrected chi connectivity index (χ0v) is 11.7. The second kappa shape index (κ2) is 6.36. The highest BCUT2D eigenvalue weighted by atomic mass is 16.2. The van der Waals surface area contributed by atoms with Crippen LogP contribution in [0.4, 0.5) is 0 Å². The summed E-state index contributed by atoms with van der Waals surface area (Å²) in [6, 6.07) is 0.562. The van der Waals surface area contributed by atoms with Crippen LogP contribution in [0.2, 0.25) is 0 Å². The van der Waals surface area contributed by atoms with Gasteiger partial charge in [-0.1, -0.05) is 6.92 Å². The molecule has 0 aromatic rings. The zero-order chi connectivity index (χ0) is 12.9. The summed E-state index contributed by atoms with van der Waals surface area (Å²) in [4.78, 5) is 13.9. The molecule has 17 heavy (non-hydrogen) atoms. The molecule has 1 amide bonds. The van der Waals surface area contributed by atoms with Crippen LogP contribution in [0, 0.1) is 0 Å². The van der Waals surface area contributed by atoms with E-state index in [1.54, 1.807) is 0 Å². The van der Waals surface area contributed by atoms with Crippen molar-refractivity contribution in [2.75, 3.05) is 26.7 Å². The Hall–Kier alpha value is -0.610. The van der Waals surface area contributed by atoms with Gasteiger partial charge in [0.15, 0.2) is 0 Å². The second-order valence-corrected chi connectivity index (χ2v) is 5.78. The van der Waals surface area contributed by atoms with E-state index in [9.17, 15) is 4.79 Å². The number of rotatable bonds is 6. The summed E-state index contributed by atoms with van der Waals surface area (Å²) >= 11 is 0. The summed E-state index contributed by atoms with van der Waals surface area (Å²) in [6.45, 7) is 8.77. The lowest BCUT2D eigenvalue weighted by Crippen LogP contribution is -2.48. The van der Waals surface area contributed by atoms with E-state index in [0.717, 1.165) is 19.5 Å². The van der Waals surface area contributed by atoms with Crippen LogP contribution in [0.25, 0.3) is 0 Å². The topological polar surface area (TPSA) is 44.4 Å². The monoisotopic (exact) mass is 241 g/mol. The van der Waals surface area contributed by atoms with Crippen molar-refractivity contribution in [2.24, 2.45) is 0 Å². The third-order valence-electron chi connectivity index (χ3n) is 3.47. The molecule has 0 aromatic carbocycles. The molecule has 0 saturated carbocycles. The molecule has 1 heterocycles. The lowest BCUT2D eigenvalue weighted by atomic mass is 10.0. The third kappa shape index (κ3) is 5.50. The average Bonchev–Trinajstić information content (AvgIpc) is 2.69. The molecule has 1 aliphatic heterocycles. The van der Waals surface area contributed by atoms with Crippen molar-refractivity contribution in [3.05, 3.63) is 0 Å². The van der Waals surface area contributed by atoms with Crippen LogP contribution in [0.1, 0.15) is 40.0 Å². The Labute approximate surface area is 105 Å². The molecule has 1 saturated heterocycles. The fourth-order valence-electron chi connectivity index (χ4n) is 2.10. The highest BCUT2D eigenvalue weighted by molar-refractivity contribution is 5.78. The van der Waals surface area contributed by atoms with Gasteiger partial charge >= 0.3 is 0 Å². The minimum absolute atomic E-state index is 0.0937. The van der Waals surface area contributed by atoms with Crippen LogP contribution in [-0.4, -0.2) is 49.1 Å². The largest absolute Gasteiger partial charge is 0.350 e. The van der Waals surface area contributed by atoms with E-state index < -0.39 is 0 Å². The fraction of sp³-hybridized carbons (Fsp3) is 0.923. The number of hydrogen-bond acceptors (Lipinski definition) is 3. The van der Waals surface area contributed by atoms with Crippen molar-refractivity contribution < 1.29 is 4.79 Å². The van der Waals surface area contributed by atoms with E-state index in [4.69, 9.17) is 0 Å². The van der Waals surface area contributed by atoms with E-state index >= 15 is 0 Å². The smallest absolute Gasteiger partial charge is 0.234 e. The predicted octanol–water partition coefficient (Wildman–Crippen LogP) is 0.975. The molecule has 0 radical (unpaired) electrons. The van der Waals surface area contributed by atoms with Gasteiger partial charge in [0.1, 0.15) is 0 Å². The van der Waals surface area contributed by atoms with Gasteiger partial charge in [0.2, 0.25) is 5.91 Å². The van der Waals surface area contributed by atoms with Crippen LogP contribution in [-0.2, 0) is 4.79 Å². The first-order valence-electron chi connectivity index (χ1n) is 6.66. The molecule has 4 nitrogen and oxygen atoms in total. The van der Waals surface area contributed by atoms with Crippen molar-refractivity contribution in [3.8, 4) is 0 Å². The maximum atomic E-state index is 11.8. The molecule has 0 aliphatic carbocycles. The lowest BCUT2D eigenvalue weighted by molar-refractivity contribution is -0.123. The Morgan fingerprint density at radius 3 is 2.76 bits per heavy atom. The first kappa shape index (κ1) is 14.5. The first-order chi connectivity index (χ1) is 7.93. The summed E-state index contributed by atoms with van der Waals surface area (Å²) in [6.07, 6.45) is 3.44. The van der Waals surface area contributed by atoms with Crippen molar-refractivity contribution >= 4 is 5.91 Å². The van der Waals surface area contributed by atoms with E-state index in [1.807, 2.05) is 7.05 Å². The van der Waals surface area contributed by atoms with Crippen molar-refractivity contribution in [3.63, 3.8) is 0 Å². The van der Waals surface area contributed by atoms with Gasteiger partial charge in [-0.25, -0.2) is 0 Å². The van der Waals surface area contributed by atoms with Gasteiger partial charge in [0.05, 0.1) is 6.54 Å². The summed E-state index contributed by atoms with van der Waals surface area (Å²) in [5.41, 5.74) is -0.0937. The normalized spacial score (nSPS) is 20.9. The van der Waals surface area contributed by atoms with E-state index in [0.29, 0.717) is 12.6 Å². The Morgan fingerprint density at radius 1 is 1.53 bits per heavy atom. The minimum atomic E-state index is -0.0937. The zero-order valence-electron chi connectivity index (χ0n) is 11.7. The SMILES string of the molecule is CCC(C)(C)NC(=O)CN(C)CC1CCCN1. The van der Waals surface area contributed by atoms with Gasteiger partial charge in [-0.05, 0) is 46.7 Å². The molecule has 1 atom stereocenters. The lowest BCUT2D eigenvalue weighted by Gasteiger charge is -2.27. The number of likely N-dealkylation sites (N-methyl/N-ethyl adjacent to an activating group) is 1. The Balaban J connectivity index is 2.25. The number of amides is 1. The Kier molecular flexibility index (Phi) is 5.40. The van der Waals surface area contributed by atoms with Crippen LogP contribution in [0.15, 0.2) is 0 Å². The standard InChI is InChI=1S/C13H27N3O/c1-5-13(2,3)15-12(17)10-16(4)9-11-7-6-8-14-11/h11,14H,5-10H2,1-4H3,(H,15,17). The summed E-state index contributed by atoms with van der Waals surface area (Å²) in [7, 11) is 2.01. The maximum Gasteiger partial charge on any atom is 0.234 e. The third-order valence-corrected chi connectivity index (χ3v) is 3.47. The van der Waals surface area contributed by atoms with Gasteiger partial charge in [-0.15, -0.1) is 0 Å². The fourth-order valence-corrected chi connectivity index (χ4v) is 2.10. The molecular weight excluding hydrogens is 214 g/mol. The van der Waals surface area contributed by atoms with Crippen LogP contribution < -0.4 is 10.6 Å². The number of hydrogen-bond donors (Lipinski definition) is 2. The second-order valence-electron chi connectivity index (χ2n) is 5.78. The predicted molar refractivity (Wildman–Crippen MR) is 71.0 cm³/mol. The van der Waals surface area contributed by atoms with Gasteiger partial charge in [-0.2, -0.15) is 0 Å². The Bertz CT molecular complexity index is 247. The molecular formula is C13H27N3O. The van der Waals surface area contributed by atoms with Crippen molar-refractivity contribution in [1.29, 1.82) is 0 Å². The van der Waals surface area contributed by atoms with Gasteiger partial charge < -0.3 is 10.6 Å². The highest BCUT2D eigenvalue weighted by Gasteiger charge is 2.20. The van der Waals surface area contributed by atoms with E-state index in [1.165, 1.54) is 12.8 Å². The van der Waals surface area contributed by atoms with Crippen molar-refractivity contribution in [1.82, 2.24) is 15.5 Å². The molecule has 1 rings (SSSR count). The molecule has 1 aliphatic rings. The van der Waals surface area contributed by atoms with Crippen LogP contribution in [0.5, 0.6) is 0 Å². The highest BCUT2D eigenvalue weighted by Crippen LogP contribution is 2.08. The number of carbonyl (C=O) groups excluding carboxylic acids is 1. The molecule has 1 unspecified atom stereocenters. The van der Waals surface area contributed by atoms with Gasteiger partial charge in [0, 0.05) is 18.1 Å². The van der Waals surface area contributed by atoms with Crippen LogP contribution in [0.3, 0.4) is 0 Å². The molecule has 4 heteroatoms. The van der Waals surface area contributed by atoms with Crippen molar-refractivity contribution in [2.45, 2.75) is 51.6 Å². The summed E-state index contributed by atoms with van der Waals surface area (Å²) < 4.78 is 0. The number of nitrogens with one attached hydrogen (secondary N) is 2. The quantitative estimate of drug-likeness (QED) is 0.728. The number of nitrogens with zero attached hydrogens (tertiary/aromatic N) is 1. The molecule has 100 valence electrons. The summed E-state index contributed by atoms with van der Waals surface area (Å²) in [5.74, 6) is 0.123. The van der Waals surface area contributed by atoms with Crippen LogP contribution >= 0.6 is 0 Å². The number of carbonyl (C=O) groups is 1. The Morgan fingerprint density at radius 2 is 2.24 bits per heavy atom. The molecule has 0 aromatic heterocycles. The minimum Gasteiger partial charge on any atom is -0.350 e. The van der Waals surface area contributed by atoms with E-state index in [-0.39, 0.29) is 11.4 Å². The molecule has 1 fully saturated rings. The van der Waals surface area contributed by atoms with Gasteiger partial charge in [-0.3, -0.25) is 9.69 Å². The van der Waals surface area contributed by atoms with E-state index in [2.05, 4.69) is 36.3 Å².